The summed E-state index contributed by atoms with van der Waals surface area (Å²) in [7, 11) is 17.2. The highest BCUT2D eigenvalue weighted by Gasteiger charge is 2.23. The summed E-state index contributed by atoms with van der Waals surface area (Å²) in [6.07, 6.45) is 14.1. The van der Waals surface area contributed by atoms with E-state index in [1.165, 1.54) is 50.1 Å². The molecule has 8 aromatic heterocycles. The Morgan fingerprint density at radius 2 is 0.618 bits per heavy atom. The second kappa shape index (κ2) is 27.9. The third-order valence-corrected chi connectivity index (χ3v) is 14.3. The van der Waals surface area contributed by atoms with E-state index in [1.54, 1.807) is 147 Å². The monoisotopic (exact) mass is 1220 g/mol. The lowest BCUT2D eigenvalue weighted by molar-refractivity contribution is -0.121. The van der Waals surface area contributed by atoms with Crippen LogP contribution in [0.4, 0.5) is 39.8 Å². The number of rotatable bonds is 26. The van der Waals surface area contributed by atoms with Crippen LogP contribution in [0.5, 0.6) is 0 Å². The number of aromatic nitrogens is 8. The molecule has 0 aliphatic rings. The SMILES string of the molecule is CN(C)CCCNC(=O)CCNC(=O)c1cc(NC(=O)c2cc(NC(=O)c3cc(NC(=O)c4cc(NC(=O)CCCNC(=O)c5cc(NC(=O)c6cc(NC(=O)c7cc(NC(=O)c8cccn8C)cn7C)cn6C)cn5C)cn4C)cn3C)cn2C)cn1C. The van der Waals surface area contributed by atoms with Crippen LogP contribution < -0.4 is 53.2 Å². The van der Waals surface area contributed by atoms with Gasteiger partial charge in [0.1, 0.15) is 45.6 Å². The van der Waals surface area contributed by atoms with Crippen molar-refractivity contribution >= 4 is 98.9 Å². The van der Waals surface area contributed by atoms with Crippen molar-refractivity contribution in [1.29, 1.82) is 0 Å². The minimum absolute atomic E-state index is 0.0364. The number of carbonyl (C=O) groups is 10. The van der Waals surface area contributed by atoms with Gasteiger partial charge in [0, 0.05) is 138 Å². The quantitative estimate of drug-likeness (QED) is 0.0342. The van der Waals surface area contributed by atoms with Crippen molar-refractivity contribution in [3.63, 3.8) is 0 Å². The van der Waals surface area contributed by atoms with Gasteiger partial charge in [-0.3, -0.25) is 47.9 Å². The maximum atomic E-state index is 13.5. The van der Waals surface area contributed by atoms with Gasteiger partial charge in [-0.05, 0) is 88.1 Å². The van der Waals surface area contributed by atoms with Crippen molar-refractivity contribution in [1.82, 2.24) is 57.4 Å². The summed E-state index contributed by atoms with van der Waals surface area (Å²) in [5, 5.41) is 27.9. The standard InChI is InChI=1S/C60H73N19O10/c1-71(2)20-13-18-61-51(80)16-19-63-54(83)45-24-38(31-74(45)5)67-58(87)49-28-42(35-78(49)9)70-60(89)50-26-40(33-79(50)10)68-56(85)46-22-36(29-75(46)6)64-52(81)15-11-17-62-53(82)44-23-37(30-73(44)4)66-57(86)48-27-41(34-77(48)8)69-59(88)47-25-39(32-76(47)7)65-55(84)43-14-12-21-72(43)3/h12,14,21-35H,11,13,15-20H2,1-10H3,(H,61,80)(H,62,82)(H,63,83)(H,64,81)(H,65,84)(H,66,86)(H,67,87)(H,68,85)(H,69,88)(H,70,89). The van der Waals surface area contributed by atoms with E-state index in [1.807, 2.05) is 19.0 Å². The average molecular weight is 1220 g/mol. The molecule has 468 valence electrons. The van der Waals surface area contributed by atoms with Crippen LogP contribution >= 0.6 is 0 Å². The van der Waals surface area contributed by atoms with Gasteiger partial charge in [-0.1, -0.05) is 0 Å². The van der Waals surface area contributed by atoms with Crippen LogP contribution in [-0.2, 0) is 66.0 Å². The molecule has 29 heteroatoms. The van der Waals surface area contributed by atoms with Gasteiger partial charge in [0.25, 0.3) is 47.3 Å². The molecular formula is C60H73N19O10. The summed E-state index contributed by atoms with van der Waals surface area (Å²) in [6, 6.07) is 14.0. The molecule has 8 rings (SSSR count). The summed E-state index contributed by atoms with van der Waals surface area (Å²) < 4.78 is 12.5. The van der Waals surface area contributed by atoms with Crippen molar-refractivity contribution in [3.8, 4) is 0 Å². The summed E-state index contributed by atoms with van der Waals surface area (Å²) in [4.78, 5) is 133. The minimum atomic E-state index is -0.524. The fourth-order valence-electron chi connectivity index (χ4n) is 9.73. The Labute approximate surface area is 511 Å². The lowest BCUT2D eigenvalue weighted by Gasteiger charge is -2.10. The van der Waals surface area contributed by atoms with E-state index >= 15 is 0 Å². The second-order valence-electron chi connectivity index (χ2n) is 21.7. The molecule has 8 aromatic rings. The summed E-state index contributed by atoms with van der Waals surface area (Å²) in [6.45, 7) is 1.67. The number of carbonyl (C=O) groups excluding carboxylic acids is 10. The second-order valence-corrected chi connectivity index (χ2v) is 21.7. The molecule has 0 aliphatic carbocycles. The molecule has 29 nitrogen and oxygen atoms in total. The Morgan fingerprint density at radius 3 is 0.933 bits per heavy atom. The first-order valence-electron chi connectivity index (χ1n) is 28.2. The molecule has 10 N–H and O–H groups in total. The minimum Gasteiger partial charge on any atom is -0.356 e. The van der Waals surface area contributed by atoms with E-state index in [4.69, 9.17) is 0 Å². The average Bonchev–Trinajstić information content (AvgIpc) is 2.77. The highest BCUT2D eigenvalue weighted by molar-refractivity contribution is 6.11. The van der Waals surface area contributed by atoms with Gasteiger partial charge in [0.2, 0.25) is 11.8 Å². The van der Waals surface area contributed by atoms with E-state index in [-0.39, 0.29) is 89.9 Å². The van der Waals surface area contributed by atoms with Crippen molar-refractivity contribution in [2.45, 2.75) is 25.7 Å². The molecule has 0 spiro atoms. The van der Waals surface area contributed by atoms with Crippen molar-refractivity contribution in [2.75, 3.05) is 77.5 Å². The smallest absolute Gasteiger partial charge is 0.272 e. The maximum Gasteiger partial charge on any atom is 0.272 e. The molecule has 0 bridgehead atoms. The zero-order valence-corrected chi connectivity index (χ0v) is 51.1. The fourth-order valence-corrected chi connectivity index (χ4v) is 9.73. The van der Waals surface area contributed by atoms with Gasteiger partial charge < -0.3 is 94.6 Å². The number of hydrogen-bond acceptors (Lipinski definition) is 11. The van der Waals surface area contributed by atoms with E-state index in [0.717, 1.165) is 13.0 Å². The fraction of sp³-hybridized carbons (Fsp3) is 0.300. The van der Waals surface area contributed by atoms with Gasteiger partial charge in [-0.15, -0.1) is 0 Å². The van der Waals surface area contributed by atoms with Crippen molar-refractivity contribution in [3.05, 3.63) is 150 Å². The Bertz CT molecular complexity index is 4020. The van der Waals surface area contributed by atoms with E-state index in [0.29, 0.717) is 52.1 Å². The molecule has 89 heavy (non-hydrogen) atoms. The van der Waals surface area contributed by atoms with Crippen LogP contribution in [-0.4, -0.2) is 141 Å². The molecule has 0 fully saturated rings. The topological polar surface area (TPSA) is 334 Å². The van der Waals surface area contributed by atoms with E-state index in [2.05, 4.69) is 53.2 Å². The highest BCUT2D eigenvalue weighted by Crippen LogP contribution is 2.24. The predicted molar refractivity (Wildman–Crippen MR) is 334 cm³/mol. The van der Waals surface area contributed by atoms with Crippen molar-refractivity contribution in [2.24, 2.45) is 56.4 Å². The number of nitrogens with zero attached hydrogens (tertiary/aromatic N) is 9. The van der Waals surface area contributed by atoms with Gasteiger partial charge >= 0.3 is 0 Å². The zero-order chi connectivity index (χ0) is 64.4. The van der Waals surface area contributed by atoms with Gasteiger partial charge in [0.15, 0.2) is 0 Å². The van der Waals surface area contributed by atoms with Crippen LogP contribution in [0.3, 0.4) is 0 Å². The molecule has 10 amide bonds. The van der Waals surface area contributed by atoms with E-state index in [9.17, 15) is 47.9 Å². The first kappa shape index (κ1) is 63.9. The summed E-state index contributed by atoms with van der Waals surface area (Å²) >= 11 is 0. The molecule has 0 aliphatic heterocycles. The normalized spacial score (nSPS) is 11.0. The predicted octanol–water partition coefficient (Wildman–Crippen LogP) is 4.24. The lowest BCUT2D eigenvalue weighted by Crippen LogP contribution is -2.32. The molecule has 0 aromatic carbocycles. The molecule has 0 saturated heterocycles. The van der Waals surface area contributed by atoms with Crippen LogP contribution in [0, 0.1) is 0 Å². The lowest BCUT2D eigenvalue weighted by atomic mass is 10.2. The Kier molecular flexibility index (Phi) is 20.1. The van der Waals surface area contributed by atoms with Crippen LogP contribution in [0.1, 0.15) is 110 Å². The molecule has 8 heterocycles. The van der Waals surface area contributed by atoms with Crippen molar-refractivity contribution < 1.29 is 47.9 Å². The number of amides is 10. The van der Waals surface area contributed by atoms with Gasteiger partial charge in [0.05, 0.1) is 39.8 Å². The summed E-state index contributed by atoms with van der Waals surface area (Å²) in [5.74, 6) is -4.21. The number of aryl methyl sites for hydroxylation is 8. The molecule has 0 radical (unpaired) electrons. The first-order chi connectivity index (χ1) is 42.3. The van der Waals surface area contributed by atoms with Gasteiger partial charge in [-0.2, -0.15) is 0 Å². The molecule has 0 saturated carbocycles. The highest BCUT2D eigenvalue weighted by atomic mass is 16.2. The summed E-state index contributed by atoms with van der Waals surface area (Å²) in [5.41, 5.74) is 4.53. The Morgan fingerprint density at radius 1 is 0.326 bits per heavy atom. The van der Waals surface area contributed by atoms with E-state index < -0.39 is 41.4 Å². The number of hydrogen-bond donors (Lipinski definition) is 10. The largest absolute Gasteiger partial charge is 0.356 e. The Balaban J connectivity index is 0.747. The first-order valence-corrected chi connectivity index (χ1v) is 28.2. The third-order valence-electron chi connectivity index (χ3n) is 14.3. The third kappa shape index (κ3) is 16.3. The van der Waals surface area contributed by atoms with Crippen LogP contribution in [0.2, 0.25) is 0 Å². The molecular weight excluding hydrogens is 1150 g/mol. The van der Waals surface area contributed by atoms with Crippen LogP contribution in [0.15, 0.2) is 104 Å². The zero-order valence-electron chi connectivity index (χ0n) is 51.1. The number of anilines is 7. The number of nitrogens with one attached hydrogen (secondary N) is 10. The molecule has 0 atom stereocenters. The van der Waals surface area contributed by atoms with Gasteiger partial charge in [-0.25, -0.2) is 0 Å². The van der Waals surface area contributed by atoms with Crippen LogP contribution in [0.25, 0.3) is 0 Å². The maximum absolute atomic E-state index is 13.5. The molecule has 0 unspecified atom stereocenters. The Hall–Kier alpha value is -11.1.